The molecule has 0 bridgehead atoms. The van der Waals surface area contributed by atoms with Crippen molar-refractivity contribution in [3.05, 3.63) is 42.5 Å². The zero-order chi connectivity index (χ0) is 18.9. The van der Waals surface area contributed by atoms with Crippen molar-refractivity contribution < 1.29 is 19.5 Å². The molecule has 1 unspecified atom stereocenters. The van der Waals surface area contributed by atoms with Gasteiger partial charge in [0.1, 0.15) is 6.04 Å². The number of amides is 2. The third kappa shape index (κ3) is 5.72. The van der Waals surface area contributed by atoms with Crippen LogP contribution in [0.5, 0.6) is 0 Å². The quantitative estimate of drug-likeness (QED) is 0.621. The van der Waals surface area contributed by atoms with Crippen molar-refractivity contribution in [2.45, 2.75) is 51.0 Å². The van der Waals surface area contributed by atoms with Crippen molar-refractivity contribution in [1.29, 1.82) is 0 Å². The van der Waals surface area contributed by atoms with E-state index in [1.54, 1.807) is 30.3 Å². The van der Waals surface area contributed by atoms with Crippen molar-refractivity contribution >= 4 is 23.5 Å². The molecule has 1 aliphatic carbocycles. The highest BCUT2D eigenvalue weighted by Gasteiger charge is 2.22. The lowest BCUT2D eigenvalue weighted by atomic mass is 9.88. The van der Waals surface area contributed by atoms with Gasteiger partial charge in [0, 0.05) is 17.2 Å². The molecule has 0 saturated heterocycles. The molecule has 0 heterocycles. The summed E-state index contributed by atoms with van der Waals surface area (Å²) in [6.45, 7) is 3.56. The molecule has 6 nitrogen and oxygen atoms in total. The van der Waals surface area contributed by atoms with Crippen molar-refractivity contribution in [2.24, 2.45) is 5.92 Å². The fourth-order valence-electron chi connectivity index (χ4n) is 3.13. The van der Waals surface area contributed by atoms with Gasteiger partial charge in [-0.1, -0.05) is 31.4 Å². The average Bonchev–Trinajstić information content (AvgIpc) is 2.65. The Kier molecular flexibility index (Phi) is 7.38. The van der Waals surface area contributed by atoms with Crippen LogP contribution in [0.25, 0.3) is 0 Å². The number of rotatable bonds is 8. The zero-order valence-electron chi connectivity index (χ0n) is 14.9. The molecule has 3 N–H and O–H groups in total. The van der Waals surface area contributed by atoms with Crippen LogP contribution in [0, 0.1) is 5.92 Å². The maximum absolute atomic E-state index is 12.3. The molecule has 26 heavy (non-hydrogen) atoms. The molecule has 6 heteroatoms. The van der Waals surface area contributed by atoms with E-state index in [4.69, 9.17) is 0 Å². The molecule has 0 aromatic heterocycles. The highest BCUT2D eigenvalue weighted by atomic mass is 16.4. The van der Waals surface area contributed by atoms with Crippen LogP contribution < -0.4 is 10.6 Å². The molecule has 1 aliphatic rings. The van der Waals surface area contributed by atoms with Gasteiger partial charge in [0.05, 0.1) is 0 Å². The maximum Gasteiger partial charge on any atom is 0.326 e. The second-order valence-corrected chi connectivity index (χ2v) is 6.64. The van der Waals surface area contributed by atoms with Crippen LogP contribution in [0.4, 0.5) is 5.69 Å². The first-order valence-corrected chi connectivity index (χ1v) is 9.06. The first kappa shape index (κ1) is 19.7. The minimum Gasteiger partial charge on any atom is -0.480 e. The van der Waals surface area contributed by atoms with Crippen molar-refractivity contribution in [3.8, 4) is 0 Å². The Labute approximate surface area is 153 Å². The van der Waals surface area contributed by atoms with Gasteiger partial charge < -0.3 is 15.7 Å². The molecule has 1 fully saturated rings. The number of benzene rings is 1. The van der Waals surface area contributed by atoms with E-state index in [1.165, 1.54) is 6.42 Å². The molecule has 0 spiro atoms. The van der Waals surface area contributed by atoms with Gasteiger partial charge in [0.15, 0.2) is 0 Å². The molecule has 140 valence electrons. The Morgan fingerprint density at radius 1 is 1.23 bits per heavy atom. The topological polar surface area (TPSA) is 95.5 Å². The number of carbonyl (C=O) groups excluding carboxylic acids is 2. The number of carboxylic acids is 1. The summed E-state index contributed by atoms with van der Waals surface area (Å²) in [5.41, 5.74) is 0.863. The third-order valence-electron chi connectivity index (χ3n) is 4.63. The number of aliphatic carboxylic acids is 1. The normalized spacial score (nSPS) is 15.7. The standard InChI is InChI=1S/C20H26N2O4/c1-2-3-12-17(20(25)26)22-19(24)15-10-7-11-16(13-15)21-18(23)14-8-5-4-6-9-14/h2,7,10-11,13-14,17H,1,3-6,8-9,12H2,(H,21,23)(H,22,24)(H,25,26). The van der Waals surface area contributed by atoms with Crippen LogP contribution in [0.2, 0.25) is 0 Å². The lowest BCUT2D eigenvalue weighted by Gasteiger charge is -2.21. The summed E-state index contributed by atoms with van der Waals surface area (Å²) in [7, 11) is 0. The predicted molar refractivity (Wildman–Crippen MR) is 100.0 cm³/mol. The van der Waals surface area contributed by atoms with Crippen LogP contribution >= 0.6 is 0 Å². The van der Waals surface area contributed by atoms with Gasteiger partial charge in [-0.25, -0.2) is 4.79 Å². The minimum absolute atomic E-state index is 0.0170. The van der Waals surface area contributed by atoms with E-state index in [-0.39, 0.29) is 18.2 Å². The second kappa shape index (κ2) is 9.75. The number of hydrogen-bond acceptors (Lipinski definition) is 3. The second-order valence-electron chi connectivity index (χ2n) is 6.64. The van der Waals surface area contributed by atoms with E-state index in [0.29, 0.717) is 17.7 Å². The summed E-state index contributed by atoms with van der Waals surface area (Å²) in [5, 5.41) is 14.6. The SMILES string of the molecule is C=CCCC(NC(=O)c1cccc(NC(=O)C2CCCCC2)c1)C(=O)O. The predicted octanol–water partition coefficient (Wildman–Crippen LogP) is 3.35. The van der Waals surface area contributed by atoms with E-state index in [2.05, 4.69) is 17.2 Å². The van der Waals surface area contributed by atoms with Gasteiger partial charge >= 0.3 is 5.97 Å². The van der Waals surface area contributed by atoms with E-state index < -0.39 is 17.9 Å². The van der Waals surface area contributed by atoms with Crippen molar-refractivity contribution in [3.63, 3.8) is 0 Å². The largest absolute Gasteiger partial charge is 0.480 e. The third-order valence-corrected chi connectivity index (χ3v) is 4.63. The van der Waals surface area contributed by atoms with Crippen LogP contribution in [-0.2, 0) is 9.59 Å². The Morgan fingerprint density at radius 3 is 2.62 bits per heavy atom. The average molecular weight is 358 g/mol. The first-order valence-electron chi connectivity index (χ1n) is 9.06. The van der Waals surface area contributed by atoms with Gasteiger partial charge in [0.2, 0.25) is 5.91 Å². The molecule has 2 rings (SSSR count). The number of hydrogen-bond donors (Lipinski definition) is 3. The summed E-state index contributed by atoms with van der Waals surface area (Å²) in [5.74, 6) is -1.55. The molecule has 0 radical (unpaired) electrons. The van der Waals surface area contributed by atoms with Crippen LogP contribution in [0.3, 0.4) is 0 Å². The highest BCUT2D eigenvalue weighted by Crippen LogP contribution is 2.25. The number of nitrogens with one attached hydrogen (secondary N) is 2. The fraction of sp³-hybridized carbons (Fsp3) is 0.450. The van der Waals surface area contributed by atoms with Gasteiger partial charge in [-0.2, -0.15) is 0 Å². The molecular formula is C20H26N2O4. The van der Waals surface area contributed by atoms with Crippen LogP contribution in [-0.4, -0.2) is 28.9 Å². The summed E-state index contributed by atoms with van der Waals surface area (Å²) in [6.07, 6.45) is 7.51. The van der Waals surface area contributed by atoms with Crippen LogP contribution in [0.15, 0.2) is 36.9 Å². The Hall–Kier alpha value is -2.63. The molecule has 2 amide bonds. The smallest absolute Gasteiger partial charge is 0.326 e. The van der Waals surface area contributed by atoms with Gasteiger partial charge in [0.25, 0.3) is 5.91 Å². The van der Waals surface area contributed by atoms with Crippen molar-refractivity contribution in [2.75, 3.05) is 5.32 Å². The number of carboxylic acid groups (broad SMARTS) is 1. The van der Waals surface area contributed by atoms with E-state index in [1.807, 2.05) is 0 Å². The molecule has 0 aliphatic heterocycles. The fourth-order valence-corrected chi connectivity index (χ4v) is 3.13. The van der Waals surface area contributed by atoms with Crippen molar-refractivity contribution in [1.82, 2.24) is 5.32 Å². The van der Waals surface area contributed by atoms with Gasteiger partial charge in [-0.3, -0.25) is 9.59 Å². The van der Waals surface area contributed by atoms with E-state index >= 15 is 0 Å². The Bertz CT molecular complexity index is 666. The monoisotopic (exact) mass is 358 g/mol. The maximum atomic E-state index is 12.3. The molecule has 1 aromatic carbocycles. The Morgan fingerprint density at radius 2 is 1.96 bits per heavy atom. The first-order chi connectivity index (χ1) is 12.5. The number of carbonyl (C=O) groups is 3. The molecular weight excluding hydrogens is 332 g/mol. The molecule has 1 saturated carbocycles. The number of anilines is 1. The molecule has 1 atom stereocenters. The lowest BCUT2D eigenvalue weighted by Crippen LogP contribution is -2.40. The zero-order valence-corrected chi connectivity index (χ0v) is 14.9. The minimum atomic E-state index is -1.08. The van der Waals surface area contributed by atoms with Crippen LogP contribution in [0.1, 0.15) is 55.3 Å². The molecule has 1 aromatic rings. The van der Waals surface area contributed by atoms with Gasteiger partial charge in [-0.05, 0) is 43.9 Å². The number of allylic oxidation sites excluding steroid dienone is 1. The van der Waals surface area contributed by atoms with E-state index in [0.717, 1.165) is 25.7 Å². The summed E-state index contributed by atoms with van der Waals surface area (Å²) in [6, 6.07) is 5.59. The summed E-state index contributed by atoms with van der Waals surface area (Å²) >= 11 is 0. The Balaban J connectivity index is 2.00. The van der Waals surface area contributed by atoms with Gasteiger partial charge in [-0.15, -0.1) is 6.58 Å². The lowest BCUT2D eigenvalue weighted by molar-refractivity contribution is -0.139. The highest BCUT2D eigenvalue weighted by molar-refractivity contribution is 5.99. The summed E-state index contributed by atoms with van der Waals surface area (Å²) < 4.78 is 0. The summed E-state index contributed by atoms with van der Waals surface area (Å²) in [4.78, 5) is 35.9. The van der Waals surface area contributed by atoms with E-state index in [9.17, 15) is 19.5 Å².